The van der Waals surface area contributed by atoms with Crippen molar-refractivity contribution in [3.8, 4) is 0 Å². The van der Waals surface area contributed by atoms with E-state index in [0.29, 0.717) is 0 Å². The molecule has 6 amide bonds. The molecule has 51 heavy (non-hydrogen) atoms. The first-order valence-corrected chi connectivity index (χ1v) is 15.0. The quantitative estimate of drug-likeness (QED) is 0.171. The summed E-state index contributed by atoms with van der Waals surface area (Å²) in [5.74, 6) is -10.1. The van der Waals surface area contributed by atoms with Gasteiger partial charge < -0.3 is 47.2 Å². The zero-order valence-corrected chi connectivity index (χ0v) is 26.3. The zero-order chi connectivity index (χ0) is 37.2. The third-order valence-corrected chi connectivity index (χ3v) is 7.18. The van der Waals surface area contributed by atoms with Crippen molar-refractivity contribution in [2.75, 3.05) is 16.0 Å². The van der Waals surface area contributed by atoms with Crippen LogP contribution < -0.4 is 31.9 Å². The Bertz CT molecular complexity index is 1710. The summed E-state index contributed by atoms with van der Waals surface area (Å²) in [6.07, 6.45) is -2.59. The number of rotatable bonds is 6. The van der Waals surface area contributed by atoms with Gasteiger partial charge in [-0.25, -0.2) is 0 Å². The van der Waals surface area contributed by atoms with E-state index in [1.165, 1.54) is 72.8 Å². The lowest BCUT2D eigenvalue weighted by Gasteiger charge is -2.20. The van der Waals surface area contributed by atoms with E-state index in [1.54, 1.807) is 0 Å². The molecular formula is C33H30N6O12. The molecule has 0 radical (unpaired) electrons. The molecule has 9 N–H and O–H groups in total. The van der Waals surface area contributed by atoms with Crippen molar-refractivity contribution < 1.29 is 58.5 Å². The normalized spacial score (nSPS) is 18.7. The van der Waals surface area contributed by atoms with Gasteiger partial charge in [-0.15, -0.1) is 0 Å². The van der Waals surface area contributed by atoms with Crippen LogP contribution >= 0.6 is 0 Å². The first-order valence-electron chi connectivity index (χ1n) is 15.0. The van der Waals surface area contributed by atoms with Crippen molar-refractivity contribution in [1.29, 1.82) is 0 Å². The Morgan fingerprint density at radius 3 is 0.941 bits per heavy atom. The molecule has 0 aliphatic carbocycles. The third-order valence-electron chi connectivity index (χ3n) is 7.18. The van der Waals surface area contributed by atoms with E-state index >= 15 is 0 Å². The lowest BCUT2D eigenvalue weighted by atomic mass is 10.1. The molecule has 0 unspecified atom stereocenters. The van der Waals surface area contributed by atoms with Crippen LogP contribution in [0.25, 0.3) is 0 Å². The summed E-state index contributed by atoms with van der Waals surface area (Å²) in [5.41, 5.74) is -0.418. The smallest absolute Gasteiger partial charge is 0.305 e. The van der Waals surface area contributed by atoms with Gasteiger partial charge in [0.05, 0.1) is 19.3 Å². The number of fused-ring (bicyclic) bond motifs is 6. The van der Waals surface area contributed by atoms with Crippen molar-refractivity contribution in [3.63, 3.8) is 0 Å². The number of hydrogen-bond acceptors (Lipinski definition) is 9. The number of aliphatic carboxylic acids is 3. The van der Waals surface area contributed by atoms with Crippen LogP contribution in [0.3, 0.4) is 0 Å². The molecule has 1 aliphatic rings. The lowest BCUT2D eigenvalue weighted by Crippen LogP contribution is -2.46. The van der Waals surface area contributed by atoms with E-state index in [-0.39, 0.29) is 33.8 Å². The van der Waals surface area contributed by atoms with Gasteiger partial charge in [0.1, 0.15) is 18.1 Å². The minimum Gasteiger partial charge on any atom is -0.481 e. The van der Waals surface area contributed by atoms with Gasteiger partial charge in [-0.1, -0.05) is 18.2 Å². The van der Waals surface area contributed by atoms with E-state index in [2.05, 4.69) is 31.9 Å². The van der Waals surface area contributed by atoms with E-state index in [0.717, 1.165) is 0 Å². The maximum absolute atomic E-state index is 13.2. The van der Waals surface area contributed by atoms with E-state index in [1.807, 2.05) is 0 Å². The number of anilines is 3. The minimum absolute atomic E-state index is 0.0123. The molecule has 1 aliphatic heterocycles. The summed E-state index contributed by atoms with van der Waals surface area (Å²) in [6, 6.07) is 10.6. The Labute approximate surface area is 287 Å². The average molecular weight is 703 g/mol. The van der Waals surface area contributed by atoms with Gasteiger partial charge in [-0.3, -0.25) is 43.2 Å². The Morgan fingerprint density at radius 2 is 0.706 bits per heavy atom. The Balaban J connectivity index is 1.74. The standard InChI is InChI=1S/C33H30N6O12/c40-25(41)13-22-31(49)34-19-7-1-4-16(10-19)28(46)37-23(14-26(42)43)32(50)35-20-8-3-6-18(12-20)30(48)39-24(15-27(44)45)33(51)36-21-9-2-5-17(11-21)29(47)38-22/h1-12,22-24H,13-15H2,(H,34,49)(H,35,50)(H,36,51)(H,37,46)(H,38,47)(H,39,48)(H,40,41)(H,42,43)(H,44,45)/t22-,23-,24-/m0/s1. The number of carbonyl (C=O) groups excluding carboxylic acids is 6. The minimum atomic E-state index is -1.65. The molecule has 0 spiro atoms. The molecule has 3 atom stereocenters. The Hall–Kier alpha value is -7.11. The molecule has 18 nitrogen and oxygen atoms in total. The summed E-state index contributed by atoms with van der Waals surface area (Å²) >= 11 is 0. The molecule has 0 aromatic heterocycles. The molecule has 264 valence electrons. The Kier molecular flexibility index (Phi) is 11.8. The fraction of sp³-hybridized carbons (Fsp3) is 0.182. The predicted molar refractivity (Wildman–Crippen MR) is 176 cm³/mol. The van der Waals surface area contributed by atoms with Crippen LogP contribution in [0.1, 0.15) is 50.3 Å². The van der Waals surface area contributed by atoms with Gasteiger partial charge in [0.25, 0.3) is 17.7 Å². The topological polar surface area (TPSA) is 286 Å². The number of amides is 6. The predicted octanol–water partition coefficient (Wildman–Crippen LogP) is 0.635. The molecule has 0 saturated carbocycles. The van der Waals surface area contributed by atoms with Gasteiger partial charge in [0, 0.05) is 33.8 Å². The maximum atomic E-state index is 13.2. The van der Waals surface area contributed by atoms with Crippen LogP contribution in [-0.2, 0) is 28.8 Å². The highest BCUT2D eigenvalue weighted by molar-refractivity contribution is 6.07. The van der Waals surface area contributed by atoms with Crippen molar-refractivity contribution in [1.82, 2.24) is 16.0 Å². The number of nitrogens with one attached hydrogen (secondary N) is 6. The molecule has 3 aromatic rings. The molecule has 0 fully saturated rings. The summed E-state index contributed by atoms with van der Waals surface area (Å²) in [4.78, 5) is 114. The van der Waals surface area contributed by atoms with Crippen LogP contribution in [-0.4, -0.2) is 86.8 Å². The van der Waals surface area contributed by atoms with Gasteiger partial charge in [0.15, 0.2) is 0 Å². The van der Waals surface area contributed by atoms with Crippen LogP contribution in [0.4, 0.5) is 17.1 Å². The highest BCUT2D eigenvalue weighted by Crippen LogP contribution is 2.17. The lowest BCUT2D eigenvalue weighted by molar-refractivity contribution is -0.139. The fourth-order valence-corrected chi connectivity index (χ4v) is 4.78. The van der Waals surface area contributed by atoms with Gasteiger partial charge in [-0.05, 0) is 54.6 Å². The molecule has 3 aromatic carbocycles. The van der Waals surface area contributed by atoms with Crippen molar-refractivity contribution in [2.45, 2.75) is 37.4 Å². The van der Waals surface area contributed by atoms with Crippen molar-refractivity contribution in [3.05, 3.63) is 89.5 Å². The average Bonchev–Trinajstić information content (AvgIpc) is 3.06. The van der Waals surface area contributed by atoms with E-state index in [4.69, 9.17) is 0 Å². The second kappa shape index (κ2) is 16.3. The van der Waals surface area contributed by atoms with Crippen LogP contribution in [0.5, 0.6) is 0 Å². The molecule has 6 bridgehead atoms. The summed E-state index contributed by atoms with van der Waals surface area (Å²) in [5, 5.41) is 42.4. The molecular weight excluding hydrogens is 672 g/mol. The van der Waals surface area contributed by atoms with Gasteiger partial charge >= 0.3 is 17.9 Å². The Morgan fingerprint density at radius 1 is 0.451 bits per heavy atom. The van der Waals surface area contributed by atoms with Gasteiger partial charge in [0.2, 0.25) is 17.7 Å². The zero-order valence-electron chi connectivity index (χ0n) is 26.3. The number of hydrogen-bond donors (Lipinski definition) is 9. The molecule has 0 saturated heterocycles. The molecule has 18 heteroatoms. The summed E-state index contributed by atoms with van der Waals surface area (Å²) in [6.45, 7) is 0. The highest BCUT2D eigenvalue weighted by Gasteiger charge is 2.28. The maximum Gasteiger partial charge on any atom is 0.305 e. The highest BCUT2D eigenvalue weighted by atomic mass is 16.4. The van der Waals surface area contributed by atoms with Gasteiger partial charge in [-0.2, -0.15) is 0 Å². The monoisotopic (exact) mass is 702 g/mol. The van der Waals surface area contributed by atoms with Crippen LogP contribution in [0.15, 0.2) is 72.8 Å². The number of carbonyl (C=O) groups is 9. The first-order chi connectivity index (χ1) is 24.2. The van der Waals surface area contributed by atoms with Crippen LogP contribution in [0, 0.1) is 0 Å². The first kappa shape index (κ1) is 36.7. The second-order valence-electron chi connectivity index (χ2n) is 11.1. The number of carboxylic acid groups (broad SMARTS) is 3. The van der Waals surface area contributed by atoms with Crippen molar-refractivity contribution in [2.24, 2.45) is 0 Å². The summed E-state index contributed by atoms with van der Waals surface area (Å²) in [7, 11) is 0. The van der Waals surface area contributed by atoms with E-state index < -0.39 is 90.7 Å². The number of carboxylic acids is 3. The summed E-state index contributed by atoms with van der Waals surface area (Å²) < 4.78 is 0. The second-order valence-corrected chi connectivity index (χ2v) is 11.1. The van der Waals surface area contributed by atoms with E-state index in [9.17, 15) is 58.5 Å². The molecule has 4 rings (SSSR count). The largest absolute Gasteiger partial charge is 0.481 e. The number of benzene rings is 3. The molecule has 1 heterocycles. The third kappa shape index (κ3) is 10.4. The SMILES string of the molecule is O=C(O)C[C@@H]1NC(=O)c2cccc(c2)NC(=O)[C@H](CC(=O)O)NC(=O)c2cccc(c2)NC(=O)[C@H](CC(=O)O)NC(=O)c2cccc(c2)NC1=O. The van der Waals surface area contributed by atoms with Crippen molar-refractivity contribution >= 4 is 70.4 Å². The van der Waals surface area contributed by atoms with Crippen LogP contribution in [0.2, 0.25) is 0 Å². The fourth-order valence-electron chi connectivity index (χ4n) is 4.78.